The molecular weight excluding hydrogens is 288 g/mol. The summed E-state index contributed by atoms with van der Waals surface area (Å²) in [5, 5.41) is 0. The van der Waals surface area contributed by atoms with E-state index in [1.165, 1.54) is 5.56 Å². The molecule has 1 fully saturated rings. The van der Waals surface area contributed by atoms with Gasteiger partial charge in [-0.3, -0.25) is 4.79 Å². The lowest BCUT2D eigenvalue weighted by molar-refractivity contribution is 0.0661. The SMILES string of the molecule is CC(N)C1CCCN(C(=O)c2ccc3c(c2)COC3)C1.Cl. The van der Waals surface area contributed by atoms with Gasteiger partial charge in [0.05, 0.1) is 13.2 Å². The number of carbonyl (C=O) groups is 1. The van der Waals surface area contributed by atoms with E-state index >= 15 is 0 Å². The first-order chi connectivity index (χ1) is 9.65. The van der Waals surface area contributed by atoms with E-state index in [0.29, 0.717) is 19.1 Å². The fourth-order valence-corrected chi connectivity index (χ4v) is 3.11. The molecule has 0 aliphatic carbocycles. The van der Waals surface area contributed by atoms with Crippen molar-refractivity contribution >= 4 is 18.3 Å². The average Bonchev–Trinajstić information content (AvgIpc) is 2.94. The van der Waals surface area contributed by atoms with Gasteiger partial charge in [-0.2, -0.15) is 0 Å². The van der Waals surface area contributed by atoms with Crippen LogP contribution in [0.2, 0.25) is 0 Å². The van der Waals surface area contributed by atoms with Crippen molar-refractivity contribution in [1.82, 2.24) is 4.90 Å². The Bertz CT molecular complexity index is 519. The zero-order valence-electron chi connectivity index (χ0n) is 12.4. The Morgan fingerprint density at radius 3 is 2.90 bits per heavy atom. The van der Waals surface area contributed by atoms with Crippen LogP contribution >= 0.6 is 12.4 Å². The minimum atomic E-state index is 0. The average molecular weight is 311 g/mol. The quantitative estimate of drug-likeness (QED) is 0.912. The maximum atomic E-state index is 12.6. The van der Waals surface area contributed by atoms with Crippen LogP contribution in [-0.4, -0.2) is 29.9 Å². The number of nitrogens with two attached hydrogens (primary N) is 1. The second-order valence-corrected chi connectivity index (χ2v) is 5.99. The molecule has 1 amide bonds. The van der Waals surface area contributed by atoms with Gasteiger partial charge in [-0.15, -0.1) is 12.4 Å². The number of nitrogens with zero attached hydrogens (tertiary/aromatic N) is 1. The molecule has 0 aromatic heterocycles. The Labute approximate surface area is 132 Å². The first-order valence-electron chi connectivity index (χ1n) is 7.39. The summed E-state index contributed by atoms with van der Waals surface area (Å²) in [6.07, 6.45) is 2.17. The smallest absolute Gasteiger partial charge is 0.253 e. The predicted octanol–water partition coefficient (Wildman–Crippen LogP) is 2.34. The summed E-state index contributed by atoms with van der Waals surface area (Å²) >= 11 is 0. The second-order valence-electron chi connectivity index (χ2n) is 5.99. The summed E-state index contributed by atoms with van der Waals surface area (Å²) in [5.41, 5.74) is 9.12. The summed E-state index contributed by atoms with van der Waals surface area (Å²) in [4.78, 5) is 14.6. The highest BCUT2D eigenvalue weighted by Gasteiger charge is 2.27. The third-order valence-electron chi connectivity index (χ3n) is 4.46. The Hall–Kier alpha value is -1.10. The number of fused-ring (bicyclic) bond motifs is 1. The van der Waals surface area contributed by atoms with Crippen molar-refractivity contribution in [2.75, 3.05) is 13.1 Å². The molecule has 116 valence electrons. The van der Waals surface area contributed by atoms with Gasteiger partial charge in [-0.05, 0) is 48.9 Å². The van der Waals surface area contributed by atoms with Crippen LogP contribution in [0.5, 0.6) is 0 Å². The van der Waals surface area contributed by atoms with Crippen molar-refractivity contribution in [2.45, 2.75) is 39.0 Å². The van der Waals surface area contributed by atoms with E-state index in [0.717, 1.165) is 37.1 Å². The Morgan fingerprint density at radius 2 is 2.14 bits per heavy atom. The van der Waals surface area contributed by atoms with Gasteiger partial charge in [0.15, 0.2) is 0 Å². The van der Waals surface area contributed by atoms with Gasteiger partial charge in [-0.1, -0.05) is 6.07 Å². The normalized spacial score (nSPS) is 22.4. The van der Waals surface area contributed by atoms with Crippen molar-refractivity contribution in [3.63, 3.8) is 0 Å². The van der Waals surface area contributed by atoms with Gasteiger partial charge in [-0.25, -0.2) is 0 Å². The topological polar surface area (TPSA) is 55.6 Å². The van der Waals surface area contributed by atoms with Gasteiger partial charge < -0.3 is 15.4 Å². The molecular formula is C16H23ClN2O2. The molecule has 2 aliphatic heterocycles. The van der Waals surface area contributed by atoms with Crippen molar-refractivity contribution in [3.8, 4) is 0 Å². The maximum absolute atomic E-state index is 12.6. The summed E-state index contributed by atoms with van der Waals surface area (Å²) in [7, 11) is 0. The van der Waals surface area contributed by atoms with Crippen LogP contribution in [0.25, 0.3) is 0 Å². The minimum Gasteiger partial charge on any atom is -0.372 e. The molecule has 2 heterocycles. The van der Waals surface area contributed by atoms with E-state index in [-0.39, 0.29) is 24.4 Å². The van der Waals surface area contributed by atoms with Gasteiger partial charge in [0.25, 0.3) is 5.91 Å². The number of piperidine rings is 1. The van der Waals surface area contributed by atoms with Gasteiger partial charge in [0, 0.05) is 24.7 Å². The molecule has 2 atom stereocenters. The van der Waals surface area contributed by atoms with Crippen molar-refractivity contribution < 1.29 is 9.53 Å². The minimum absolute atomic E-state index is 0. The van der Waals surface area contributed by atoms with Crippen LogP contribution in [0.15, 0.2) is 18.2 Å². The van der Waals surface area contributed by atoms with Crippen LogP contribution in [0, 0.1) is 5.92 Å². The number of hydrogen-bond acceptors (Lipinski definition) is 3. The van der Waals surface area contributed by atoms with E-state index in [4.69, 9.17) is 10.5 Å². The monoisotopic (exact) mass is 310 g/mol. The fraction of sp³-hybridized carbons (Fsp3) is 0.562. The molecule has 0 bridgehead atoms. The van der Waals surface area contributed by atoms with Gasteiger partial charge >= 0.3 is 0 Å². The van der Waals surface area contributed by atoms with E-state index in [2.05, 4.69) is 0 Å². The number of halogens is 1. The number of amides is 1. The van der Waals surface area contributed by atoms with Crippen molar-refractivity contribution in [1.29, 1.82) is 0 Å². The molecule has 1 saturated heterocycles. The zero-order chi connectivity index (χ0) is 14.1. The first kappa shape index (κ1) is 16.3. The summed E-state index contributed by atoms with van der Waals surface area (Å²) < 4.78 is 5.40. The number of carbonyl (C=O) groups excluding carboxylic acids is 1. The molecule has 2 N–H and O–H groups in total. The molecule has 3 rings (SSSR count). The molecule has 4 nitrogen and oxygen atoms in total. The molecule has 0 saturated carbocycles. The third kappa shape index (κ3) is 3.39. The zero-order valence-corrected chi connectivity index (χ0v) is 13.2. The van der Waals surface area contributed by atoms with Crippen LogP contribution in [-0.2, 0) is 18.0 Å². The lowest BCUT2D eigenvalue weighted by Crippen LogP contribution is -2.45. The highest BCUT2D eigenvalue weighted by atomic mass is 35.5. The maximum Gasteiger partial charge on any atom is 0.253 e. The molecule has 2 aliphatic rings. The van der Waals surface area contributed by atoms with Crippen LogP contribution < -0.4 is 5.73 Å². The number of likely N-dealkylation sites (tertiary alicyclic amines) is 1. The Morgan fingerprint density at radius 1 is 1.38 bits per heavy atom. The van der Waals surface area contributed by atoms with E-state index < -0.39 is 0 Å². The molecule has 0 radical (unpaired) electrons. The van der Waals surface area contributed by atoms with E-state index in [1.807, 2.05) is 30.0 Å². The molecule has 2 unspecified atom stereocenters. The van der Waals surface area contributed by atoms with E-state index in [1.54, 1.807) is 0 Å². The van der Waals surface area contributed by atoms with Crippen LogP contribution in [0.1, 0.15) is 41.3 Å². The van der Waals surface area contributed by atoms with Crippen molar-refractivity contribution in [3.05, 3.63) is 34.9 Å². The molecule has 5 heteroatoms. The fourth-order valence-electron chi connectivity index (χ4n) is 3.11. The van der Waals surface area contributed by atoms with Crippen LogP contribution in [0.4, 0.5) is 0 Å². The summed E-state index contributed by atoms with van der Waals surface area (Å²) in [5.74, 6) is 0.551. The second kappa shape index (κ2) is 6.77. The molecule has 0 spiro atoms. The largest absolute Gasteiger partial charge is 0.372 e. The standard InChI is InChI=1S/C16H22N2O2.ClH/c1-11(17)13-3-2-6-18(8-13)16(19)12-4-5-14-9-20-10-15(14)7-12;/h4-5,7,11,13H,2-3,6,8-10,17H2,1H3;1H. The van der Waals surface area contributed by atoms with Crippen molar-refractivity contribution in [2.24, 2.45) is 11.7 Å². The number of benzene rings is 1. The first-order valence-corrected chi connectivity index (χ1v) is 7.39. The highest BCUT2D eigenvalue weighted by Crippen LogP contribution is 2.24. The number of rotatable bonds is 2. The summed E-state index contributed by atoms with van der Waals surface area (Å²) in [6.45, 7) is 4.95. The van der Waals surface area contributed by atoms with Gasteiger partial charge in [0.1, 0.15) is 0 Å². The third-order valence-corrected chi connectivity index (χ3v) is 4.46. The number of hydrogen-bond donors (Lipinski definition) is 1. The Kier molecular flexibility index (Phi) is 5.25. The van der Waals surface area contributed by atoms with Crippen LogP contribution in [0.3, 0.4) is 0 Å². The molecule has 1 aromatic carbocycles. The highest BCUT2D eigenvalue weighted by molar-refractivity contribution is 5.94. The molecule has 1 aromatic rings. The lowest BCUT2D eigenvalue weighted by atomic mass is 9.91. The predicted molar refractivity (Wildman–Crippen MR) is 84.5 cm³/mol. The number of ether oxygens (including phenoxy) is 1. The summed E-state index contributed by atoms with van der Waals surface area (Å²) in [6, 6.07) is 6.08. The van der Waals surface area contributed by atoms with E-state index in [9.17, 15) is 4.79 Å². The molecule has 21 heavy (non-hydrogen) atoms. The Balaban J connectivity index is 0.00000161. The van der Waals surface area contributed by atoms with Gasteiger partial charge in [0.2, 0.25) is 0 Å². The lowest BCUT2D eigenvalue weighted by Gasteiger charge is -2.34.